The molecular weight excluding hydrogens is 386 g/mol. The second kappa shape index (κ2) is 7.79. The summed E-state index contributed by atoms with van der Waals surface area (Å²) < 4.78 is 4.28. The van der Waals surface area contributed by atoms with Crippen LogP contribution in [-0.4, -0.2) is 43.6 Å². The van der Waals surface area contributed by atoms with E-state index in [1.54, 1.807) is 29.5 Å². The summed E-state index contributed by atoms with van der Waals surface area (Å²) in [6.45, 7) is 4.52. The van der Waals surface area contributed by atoms with Crippen LogP contribution in [0, 0.1) is 6.92 Å². The van der Waals surface area contributed by atoms with Crippen LogP contribution in [-0.2, 0) is 24.2 Å². The average molecular weight is 410 g/mol. The molecule has 8 heteroatoms. The molecule has 4 aromatic heterocycles. The van der Waals surface area contributed by atoms with E-state index in [1.165, 1.54) is 9.56 Å². The summed E-state index contributed by atoms with van der Waals surface area (Å²) in [5.41, 5.74) is 2.27. The number of aromatic nitrogens is 4. The Morgan fingerprint density at radius 1 is 1.24 bits per heavy atom. The molecule has 0 unspecified atom stereocenters. The monoisotopic (exact) mass is 409 g/mol. The van der Waals surface area contributed by atoms with Gasteiger partial charge in [0.15, 0.2) is 0 Å². The van der Waals surface area contributed by atoms with E-state index >= 15 is 0 Å². The molecule has 0 bridgehead atoms. The highest BCUT2D eigenvalue weighted by molar-refractivity contribution is 7.19. The average Bonchev–Trinajstić information content (AvgIpc) is 3.25. The molecule has 4 aromatic rings. The summed E-state index contributed by atoms with van der Waals surface area (Å²) in [4.78, 5) is 32.8. The van der Waals surface area contributed by atoms with Gasteiger partial charge in [0.1, 0.15) is 17.9 Å². The van der Waals surface area contributed by atoms with Crippen LogP contribution < -0.4 is 5.56 Å². The first-order valence-corrected chi connectivity index (χ1v) is 10.4. The zero-order valence-corrected chi connectivity index (χ0v) is 17.6. The van der Waals surface area contributed by atoms with E-state index in [0.717, 1.165) is 21.7 Å². The highest BCUT2D eigenvalue weighted by atomic mass is 32.1. The minimum atomic E-state index is -0.241. The van der Waals surface area contributed by atoms with Gasteiger partial charge in [-0.25, -0.2) is 4.68 Å². The third kappa shape index (κ3) is 3.67. The maximum atomic E-state index is 13.0. The molecule has 4 heterocycles. The number of rotatable bonds is 6. The molecule has 0 fully saturated rings. The van der Waals surface area contributed by atoms with Gasteiger partial charge in [-0.05, 0) is 31.2 Å². The number of aryl methyl sites for hydroxylation is 2. The lowest BCUT2D eigenvalue weighted by atomic mass is 10.2. The number of carbonyl (C=O) groups excluding carboxylic acids is 1. The summed E-state index contributed by atoms with van der Waals surface area (Å²) in [5.74, 6) is 0.627. The predicted octanol–water partition coefficient (Wildman–Crippen LogP) is 2.68. The molecule has 0 N–H and O–H groups in total. The smallest absolute Gasteiger partial charge is 0.291 e. The molecule has 29 heavy (non-hydrogen) atoms. The van der Waals surface area contributed by atoms with Crippen LogP contribution in [0.4, 0.5) is 0 Å². The van der Waals surface area contributed by atoms with Crippen molar-refractivity contribution in [1.82, 2.24) is 24.1 Å². The van der Waals surface area contributed by atoms with Crippen LogP contribution in [0.3, 0.4) is 0 Å². The fourth-order valence-corrected chi connectivity index (χ4v) is 4.39. The fraction of sp³-hybridized carbons (Fsp3) is 0.333. The van der Waals surface area contributed by atoms with Gasteiger partial charge in [-0.1, -0.05) is 13.0 Å². The lowest BCUT2D eigenvalue weighted by molar-refractivity contribution is -0.130. The van der Waals surface area contributed by atoms with Gasteiger partial charge in [0, 0.05) is 43.2 Å². The first-order valence-electron chi connectivity index (χ1n) is 9.63. The largest absolute Gasteiger partial charge is 0.344 e. The van der Waals surface area contributed by atoms with Gasteiger partial charge in [0.25, 0.3) is 5.56 Å². The summed E-state index contributed by atoms with van der Waals surface area (Å²) in [6, 6.07) is 9.71. The molecule has 0 radical (unpaired) electrons. The molecular formula is C21H23N5O2S. The summed E-state index contributed by atoms with van der Waals surface area (Å²) in [5, 5.41) is 4.50. The van der Waals surface area contributed by atoms with Gasteiger partial charge in [-0.3, -0.25) is 19.0 Å². The zero-order chi connectivity index (χ0) is 20.5. The van der Waals surface area contributed by atoms with Crippen molar-refractivity contribution in [2.45, 2.75) is 33.2 Å². The number of nitrogens with zero attached hydrogens (tertiary/aromatic N) is 5. The van der Waals surface area contributed by atoms with Gasteiger partial charge >= 0.3 is 0 Å². The number of fused-ring (bicyclic) bond motifs is 3. The van der Waals surface area contributed by atoms with E-state index in [9.17, 15) is 9.59 Å². The van der Waals surface area contributed by atoms with Gasteiger partial charge < -0.3 is 4.90 Å². The molecule has 0 aliphatic carbocycles. The number of hydrogen-bond donors (Lipinski definition) is 0. The molecule has 0 aliphatic heterocycles. The van der Waals surface area contributed by atoms with Crippen molar-refractivity contribution >= 4 is 33.0 Å². The number of carbonyl (C=O) groups is 1. The molecule has 150 valence electrons. The highest BCUT2D eigenvalue weighted by Gasteiger charge is 2.18. The summed E-state index contributed by atoms with van der Waals surface area (Å²) in [7, 11) is 1.74. The standard InChI is InChI=1S/C21H23N5O2S/c1-4-19-23-25(13-20(27)24(3)10-8-15-7-5-6-9-22-15)21(28)17-12-18-16(26(17)19)11-14(2)29-18/h5-7,9,11-12H,4,8,10,13H2,1-3H3. The van der Waals surface area contributed by atoms with Gasteiger partial charge in [-0.2, -0.15) is 5.10 Å². The van der Waals surface area contributed by atoms with Gasteiger partial charge in [0.05, 0.1) is 10.2 Å². The van der Waals surface area contributed by atoms with Crippen molar-refractivity contribution in [3.63, 3.8) is 0 Å². The van der Waals surface area contributed by atoms with E-state index in [-0.39, 0.29) is 18.0 Å². The Labute approximate surface area is 172 Å². The van der Waals surface area contributed by atoms with Crippen LogP contribution in [0.25, 0.3) is 15.7 Å². The maximum absolute atomic E-state index is 13.0. The van der Waals surface area contributed by atoms with Gasteiger partial charge in [0.2, 0.25) is 5.91 Å². The molecule has 0 atom stereocenters. The Hall–Kier alpha value is -3.00. The first kappa shape index (κ1) is 19.3. The molecule has 4 rings (SSSR count). The van der Waals surface area contributed by atoms with Crippen molar-refractivity contribution in [2.24, 2.45) is 0 Å². The molecule has 0 aromatic carbocycles. The lowest BCUT2D eigenvalue weighted by Crippen LogP contribution is -2.37. The first-order chi connectivity index (χ1) is 14.0. The van der Waals surface area contributed by atoms with E-state index in [4.69, 9.17) is 0 Å². The topological polar surface area (TPSA) is 72.5 Å². The van der Waals surface area contributed by atoms with Crippen LogP contribution in [0.5, 0.6) is 0 Å². The molecule has 0 saturated heterocycles. The molecule has 0 saturated carbocycles. The minimum absolute atomic E-state index is 0.0705. The Balaban J connectivity index is 1.59. The number of pyridine rings is 1. The minimum Gasteiger partial charge on any atom is -0.344 e. The molecule has 7 nitrogen and oxygen atoms in total. The molecule has 0 aliphatic rings. The molecule has 0 spiro atoms. The van der Waals surface area contributed by atoms with E-state index in [1.807, 2.05) is 35.6 Å². The molecule has 1 amide bonds. The van der Waals surface area contributed by atoms with Crippen molar-refractivity contribution in [1.29, 1.82) is 0 Å². The SMILES string of the molecule is CCc1nn(CC(=O)N(C)CCc2ccccn2)c(=O)c2cc3sc(C)cc3n12. The third-order valence-corrected chi connectivity index (χ3v) is 6.00. The summed E-state index contributed by atoms with van der Waals surface area (Å²) in [6.07, 6.45) is 3.07. The normalized spacial score (nSPS) is 11.4. The maximum Gasteiger partial charge on any atom is 0.291 e. The second-order valence-electron chi connectivity index (χ2n) is 7.09. The lowest BCUT2D eigenvalue weighted by Gasteiger charge is -2.18. The predicted molar refractivity (Wildman–Crippen MR) is 115 cm³/mol. The number of amides is 1. The van der Waals surface area contributed by atoms with Crippen molar-refractivity contribution in [3.05, 3.63) is 63.3 Å². The van der Waals surface area contributed by atoms with E-state index in [0.29, 0.717) is 24.9 Å². The van der Waals surface area contributed by atoms with Gasteiger partial charge in [-0.15, -0.1) is 11.3 Å². The van der Waals surface area contributed by atoms with E-state index < -0.39 is 0 Å². The summed E-state index contributed by atoms with van der Waals surface area (Å²) >= 11 is 1.66. The fourth-order valence-electron chi connectivity index (χ4n) is 3.45. The quantitative estimate of drug-likeness (QED) is 0.491. The Morgan fingerprint density at radius 3 is 2.79 bits per heavy atom. The van der Waals surface area contributed by atoms with Crippen molar-refractivity contribution in [3.8, 4) is 0 Å². The van der Waals surface area contributed by atoms with Crippen LogP contribution in [0.1, 0.15) is 23.3 Å². The Kier molecular flexibility index (Phi) is 5.19. The Morgan fingerprint density at radius 2 is 2.07 bits per heavy atom. The second-order valence-corrected chi connectivity index (χ2v) is 8.38. The van der Waals surface area contributed by atoms with Crippen LogP contribution >= 0.6 is 11.3 Å². The number of hydrogen-bond acceptors (Lipinski definition) is 5. The van der Waals surface area contributed by atoms with Crippen LogP contribution in [0.2, 0.25) is 0 Å². The van der Waals surface area contributed by atoms with Crippen molar-refractivity contribution < 1.29 is 4.79 Å². The van der Waals surface area contributed by atoms with Crippen LogP contribution in [0.15, 0.2) is 41.3 Å². The highest BCUT2D eigenvalue weighted by Crippen LogP contribution is 2.28. The zero-order valence-electron chi connectivity index (χ0n) is 16.8. The number of likely N-dealkylation sites (N-methyl/N-ethyl adjacent to an activating group) is 1. The number of thiophene rings is 1. The van der Waals surface area contributed by atoms with Crippen molar-refractivity contribution in [2.75, 3.05) is 13.6 Å². The third-order valence-electron chi connectivity index (χ3n) is 5.02. The van der Waals surface area contributed by atoms with E-state index in [2.05, 4.69) is 23.1 Å². The Bertz CT molecular complexity index is 1240.